The van der Waals surface area contributed by atoms with Gasteiger partial charge in [0, 0.05) is 25.6 Å². The molecule has 5 nitrogen and oxygen atoms in total. The molecule has 5 heteroatoms. The first-order chi connectivity index (χ1) is 18.2. The van der Waals surface area contributed by atoms with Gasteiger partial charge in [-0.1, -0.05) is 91.0 Å². The number of rotatable bonds is 9. The molecule has 2 heterocycles. The lowest BCUT2D eigenvalue weighted by atomic mass is 9.81. The zero-order valence-electron chi connectivity index (χ0n) is 21.5. The molecule has 0 unspecified atom stereocenters. The van der Waals surface area contributed by atoms with Crippen LogP contribution in [0.4, 0.5) is 0 Å². The van der Waals surface area contributed by atoms with Gasteiger partial charge in [0.25, 0.3) is 0 Å². The fourth-order valence-corrected chi connectivity index (χ4v) is 5.96. The topological polar surface area (TPSA) is 52.7 Å². The van der Waals surface area contributed by atoms with E-state index in [1.165, 1.54) is 16.7 Å². The number of unbranched alkanes of at least 4 members (excludes halogenated alkanes) is 1. The van der Waals surface area contributed by atoms with E-state index in [2.05, 4.69) is 64.8 Å². The van der Waals surface area contributed by atoms with Crippen molar-refractivity contribution < 1.29 is 9.59 Å². The number of hydrogen-bond donors (Lipinski definition) is 1. The minimum atomic E-state index is -0.766. The van der Waals surface area contributed by atoms with E-state index in [1.54, 1.807) is 0 Å². The fraction of sp³-hybridized carbons (Fsp3) is 0.375. The van der Waals surface area contributed by atoms with E-state index < -0.39 is 5.54 Å². The lowest BCUT2D eigenvalue weighted by Gasteiger charge is -2.50. The Morgan fingerprint density at radius 3 is 1.92 bits per heavy atom. The van der Waals surface area contributed by atoms with Gasteiger partial charge >= 0.3 is 0 Å². The average molecular weight is 496 g/mol. The van der Waals surface area contributed by atoms with Gasteiger partial charge in [0.15, 0.2) is 0 Å². The van der Waals surface area contributed by atoms with Crippen molar-refractivity contribution in [2.45, 2.75) is 43.6 Å². The monoisotopic (exact) mass is 495 g/mol. The molecule has 0 saturated carbocycles. The van der Waals surface area contributed by atoms with Gasteiger partial charge in [-0.2, -0.15) is 0 Å². The van der Waals surface area contributed by atoms with Crippen LogP contribution in [0.15, 0.2) is 91.0 Å². The van der Waals surface area contributed by atoms with E-state index in [4.69, 9.17) is 0 Å². The molecule has 2 fully saturated rings. The third-order valence-electron chi connectivity index (χ3n) is 8.13. The second-order valence-electron chi connectivity index (χ2n) is 10.4. The quantitative estimate of drug-likeness (QED) is 0.440. The van der Waals surface area contributed by atoms with E-state index in [0.29, 0.717) is 19.4 Å². The molecule has 0 radical (unpaired) electrons. The Balaban J connectivity index is 1.27. The predicted octanol–water partition coefficient (Wildman–Crippen LogP) is 4.63. The minimum Gasteiger partial charge on any atom is -0.345 e. The maximum absolute atomic E-state index is 13.4. The average Bonchev–Trinajstić information content (AvgIpc) is 2.96. The molecule has 1 N–H and O–H groups in total. The maximum atomic E-state index is 13.4. The second kappa shape index (κ2) is 11.7. The van der Waals surface area contributed by atoms with Crippen molar-refractivity contribution in [1.29, 1.82) is 0 Å². The molecule has 1 spiro atoms. The number of nitrogens with zero attached hydrogens (tertiary/aromatic N) is 2. The van der Waals surface area contributed by atoms with Crippen LogP contribution in [-0.4, -0.2) is 59.9 Å². The smallest absolute Gasteiger partial charge is 0.246 e. The van der Waals surface area contributed by atoms with Gasteiger partial charge in [0.05, 0.1) is 6.54 Å². The Morgan fingerprint density at radius 1 is 0.757 bits per heavy atom. The SMILES string of the molecule is O=C1CNC(=O)C2(CCN(CCCCc3ccccc3)CC2)N1CC(c1ccccc1)c1ccccc1. The van der Waals surface area contributed by atoms with Gasteiger partial charge in [-0.3, -0.25) is 9.59 Å². The Hall–Kier alpha value is -3.44. The summed E-state index contributed by atoms with van der Waals surface area (Å²) in [6, 6.07) is 31.3. The minimum absolute atomic E-state index is 0.00991. The third-order valence-corrected chi connectivity index (χ3v) is 8.13. The largest absolute Gasteiger partial charge is 0.345 e. The summed E-state index contributed by atoms with van der Waals surface area (Å²) in [6.07, 6.45) is 4.76. The summed E-state index contributed by atoms with van der Waals surface area (Å²) in [5.74, 6) is 0.0496. The number of benzene rings is 3. The van der Waals surface area contributed by atoms with E-state index in [1.807, 2.05) is 41.3 Å². The first kappa shape index (κ1) is 25.2. The molecule has 3 aromatic rings. The van der Waals surface area contributed by atoms with Crippen LogP contribution in [0.2, 0.25) is 0 Å². The molecule has 5 rings (SSSR count). The Morgan fingerprint density at radius 2 is 1.32 bits per heavy atom. The number of nitrogens with one attached hydrogen (secondary N) is 1. The number of carbonyl (C=O) groups excluding carboxylic acids is 2. The van der Waals surface area contributed by atoms with Crippen LogP contribution in [0, 0.1) is 0 Å². The number of piperazine rings is 1. The molecule has 37 heavy (non-hydrogen) atoms. The molecule has 0 atom stereocenters. The standard InChI is InChI=1S/C32H37N3O2/c36-30-24-33-31(37)32(19-22-34(23-20-32)21-11-10-14-26-12-4-1-5-13-26)35(30)25-29(27-15-6-2-7-16-27)28-17-8-3-9-18-28/h1-9,12-13,15-18,29H,10-11,14,19-25H2,(H,33,37). The van der Waals surface area contributed by atoms with Crippen LogP contribution in [0.5, 0.6) is 0 Å². The van der Waals surface area contributed by atoms with Gasteiger partial charge in [-0.25, -0.2) is 0 Å². The number of hydrogen-bond acceptors (Lipinski definition) is 3. The molecule has 2 aliphatic rings. The molecule has 0 aromatic heterocycles. The van der Waals surface area contributed by atoms with Crippen LogP contribution in [0.3, 0.4) is 0 Å². The Bertz CT molecular complexity index is 1120. The van der Waals surface area contributed by atoms with Crippen molar-refractivity contribution in [2.75, 3.05) is 32.7 Å². The molecular formula is C32H37N3O2. The second-order valence-corrected chi connectivity index (χ2v) is 10.4. The van der Waals surface area contributed by atoms with Crippen molar-refractivity contribution in [1.82, 2.24) is 15.1 Å². The van der Waals surface area contributed by atoms with Crippen LogP contribution in [-0.2, 0) is 16.0 Å². The number of carbonyl (C=O) groups is 2. The summed E-state index contributed by atoms with van der Waals surface area (Å²) in [5.41, 5.74) is 2.95. The van der Waals surface area contributed by atoms with Crippen molar-refractivity contribution >= 4 is 11.8 Å². The molecule has 2 amide bonds. The molecule has 0 bridgehead atoms. The molecular weight excluding hydrogens is 458 g/mol. The van der Waals surface area contributed by atoms with Crippen LogP contribution in [0.1, 0.15) is 48.3 Å². The van der Waals surface area contributed by atoms with Crippen molar-refractivity contribution in [3.05, 3.63) is 108 Å². The van der Waals surface area contributed by atoms with Crippen LogP contribution >= 0.6 is 0 Å². The van der Waals surface area contributed by atoms with E-state index in [9.17, 15) is 9.59 Å². The van der Waals surface area contributed by atoms with Gasteiger partial charge < -0.3 is 15.1 Å². The van der Waals surface area contributed by atoms with Gasteiger partial charge in [-0.05, 0) is 55.3 Å². The number of likely N-dealkylation sites (tertiary alicyclic amines) is 1. The molecule has 192 valence electrons. The van der Waals surface area contributed by atoms with Crippen LogP contribution < -0.4 is 5.32 Å². The molecule has 3 aromatic carbocycles. The number of amides is 2. The summed E-state index contributed by atoms with van der Waals surface area (Å²) in [7, 11) is 0. The highest BCUT2D eigenvalue weighted by Crippen LogP contribution is 2.35. The molecule has 2 saturated heterocycles. The van der Waals surface area contributed by atoms with Crippen molar-refractivity contribution in [2.24, 2.45) is 0 Å². The van der Waals surface area contributed by atoms with Gasteiger partial charge in [-0.15, -0.1) is 0 Å². The lowest BCUT2D eigenvalue weighted by molar-refractivity contribution is -0.157. The maximum Gasteiger partial charge on any atom is 0.246 e. The first-order valence-corrected chi connectivity index (χ1v) is 13.6. The zero-order chi connectivity index (χ0) is 25.5. The van der Waals surface area contributed by atoms with E-state index >= 15 is 0 Å². The highest BCUT2D eigenvalue weighted by molar-refractivity contribution is 5.98. The normalized spacial score (nSPS) is 17.8. The van der Waals surface area contributed by atoms with Crippen molar-refractivity contribution in [3.8, 4) is 0 Å². The summed E-state index contributed by atoms with van der Waals surface area (Å²) in [4.78, 5) is 31.1. The highest BCUT2D eigenvalue weighted by atomic mass is 16.2. The lowest BCUT2D eigenvalue weighted by Crippen LogP contribution is -2.70. The summed E-state index contributed by atoms with van der Waals surface area (Å²) < 4.78 is 0. The third kappa shape index (κ3) is 5.78. The Labute approximate surface area is 220 Å². The van der Waals surface area contributed by atoms with Crippen molar-refractivity contribution in [3.63, 3.8) is 0 Å². The van der Waals surface area contributed by atoms with Gasteiger partial charge in [0.1, 0.15) is 5.54 Å². The van der Waals surface area contributed by atoms with Crippen LogP contribution in [0.25, 0.3) is 0 Å². The number of aryl methyl sites for hydroxylation is 1. The molecule has 0 aliphatic carbocycles. The highest BCUT2D eigenvalue weighted by Gasteiger charge is 2.51. The summed E-state index contributed by atoms with van der Waals surface area (Å²) >= 11 is 0. The zero-order valence-corrected chi connectivity index (χ0v) is 21.5. The molecule has 2 aliphatic heterocycles. The summed E-state index contributed by atoms with van der Waals surface area (Å²) in [5, 5.41) is 2.91. The first-order valence-electron chi connectivity index (χ1n) is 13.6. The predicted molar refractivity (Wildman–Crippen MR) is 147 cm³/mol. The van der Waals surface area contributed by atoms with E-state index in [-0.39, 0.29) is 24.3 Å². The fourth-order valence-electron chi connectivity index (χ4n) is 5.96. The van der Waals surface area contributed by atoms with E-state index in [0.717, 1.165) is 38.9 Å². The number of piperidine rings is 1. The Kier molecular flexibility index (Phi) is 8.00. The van der Waals surface area contributed by atoms with Gasteiger partial charge in [0.2, 0.25) is 11.8 Å². The summed E-state index contributed by atoms with van der Waals surface area (Å²) in [6.45, 7) is 3.31.